The maximum absolute atomic E-state index is 12.1. The minimum absolute atomic E-state index is 0.247. The van der Waals surface area contributed by atoms with Gasteiger partial charge in [0.05, 0.1) is 7.11 Å². The average molecular weight is 326 g/mol. The number of nitrogens with zero attached hydrogens (tertiary/aromatic N) is 1. The number of hydrogen-bond acceptors (Lipinski definition) is 5. The van der Waals surface area contributed by atoms with Crippen molar-refractivity contribution < 1.29 is 18.5 Å². The first-order valence-electron chi connectivity index (χ1n) is 7.60. The number of carbonyl (C=O) groups excluding carboxylic acids is 1. The van der Waals surface area contributed by atoms with E-state index in [-0.39, 0.29) is 11.6 Å². The van der Waals surface area contributed by atoms with Gasteiger partial charge in [-0.25, -0.2) is 0 Å². The largest absolute Gasteiger partial charge is 0.497 e. The minimum Gasteiger partial charge on any atom is -0.497 e. The summed E-state index contributed by atoms with van der Waals surface area (Å²) in [5, 5.41) is 6.62. The molecule has 0 fully saturated rings. The smallest absolute Gasteiger partial charge is 0.273 e. The summed E-state index contributed by atoms with van der Waals surface area (Å²) in [5.41, 5.74) is 1.07. The van der Waals surface area contributed by atoms with Gasteiger partial charge < -0.3 is 19.0 Å². The first-order chi connectivity index (χ1) is 11.7. The molecule has 6 heteroatoms. The van der Waals surface area contributed by atoms with Gasteiger partial charge in [-0.05, 0) is 43.3 Å². The molecule has 2 aromatic heterocycles. The predicted octanol–water partition coefficient (Wildman–Crippen LogP) is 3.22. The van der Waals surface area contributed by atoms with Gasteiger partial charge in [0.25, 0.3) is 5.91 Å². The monoisotopic (exact) mass is 326 g/mol. The van der Waals surface area contributed by atoms with Crippen LogP contribution in [0, 0.1) is 6.92 Å². The second-order valence-corrected chi connectivity index (χ2v) is 5.32. The molecule has 124 valence electrons. The van der Waals surface area contributed by atoms with Crippen molar-refractivity contribution in [1.82, 2.24) is 10.5 Å². The predicted molar refractivity (Wildman–Crippen MR) is 88.0 cm³/mol. The maximum atomic E-state index is 12.1. The number of furan rings is 1. The number of rotatable bonds is 6. The number of aromatic nitrogens is 1. The molecule has 0 atom stereocenters. The Morgan fingerprint density at radius 1 is 1.21 bits per heavy atom. The van der Waals surface area contributed by atoms with Gasteiger partial charge in [-0.2, -0.15) is 0 Å². The van der Waals surface area contributed by atoms with Crippen LogP contribution in [0.15, 0.2) is 51.4 Å². The van der Waals surface area contributed by atoms with Crippen LogP contribution in [0.25, 0.3) is 11.3 Å². The fraction of sp³-hybridized carbons (Fsp3) is 0.222. The topological polar surface area (TPSA) is 77.5 Å². The molecule has 0 saturated heterocycles. The van der Waals surface area contributed by atoms with Crippen LogP contribution in [0.3, 0.4) is 0 Å². The molecule has 0 aliphatic rings. The number of hydrogen-bond donors (Lipinski definition) is 1. The summed E-state index contributed by atoms with van der Waals surface area (Å²) in [4.78, 5) is 12.1. The molecule has 1 N–H and O–H groups in total. The van der Waals surface area contributed by atoms with Crippen molar-refractivity contribution in [2.45, 2.75) is 13.3 Å². The van der Waals surface area contributed by atoms with Gasteiger partial charge in [0.15, 0.2) is 11.5 Å². The zero-order valence-electron chi connectivity index (χ0n) is 13.5. The Kier molecular flexibility index (Phi) is 4.65. The molecule has 3 aromatic rings. The summed E-state index contributed by atoms with van der Waals surface area (Å²) in [6.45, 7) is 2.36. The Morgan fingerprint density at radius 3 is 2.67 bits per heavy atom. The number of nitrogens with one attached hydrogen (secondary N) is 1. The fourth-order valence-electron chi connectivity index (χ4n) is 2.28. The summed E-state index contributed by atoms with van der Waals surface area (Å²) in [6, 6.07) is 12.8. The Morgan fingerprint density at radius 2 is 2.00 bits per heavy atom. The lowest BCUT2D eigenvalue weighted by atomic mass is 10.1. The van der Waals surface area contributed by atoms with Crippen LogP contribution in [0.4, 0.5) is 0 Å². The van der Waals surface area contributed by atoms with E-state index in [1.165, 1.54) is 0 Å². The second kappa shape index (κ2) is 7.04. The molecule has 0 unspecified atom stereocenters. The molecule has 0 aliphatic heterocycles. The minimum atomic E-state index is -0.276. The Bertz CT molecular complexity index is 818. The van der Waals surface area contributed by atoms with Crippen molar-refractivity contribution in [3.8, 4) is 17.1 Å². The average Bonchev–Trinajstić information content (AvgIpc) is 3.24. The first kappa shape index (κ1) is 15.9. The molecule has 0 aliphatic carbocycles. The highest BCUT2D eigenvalue weighted by atomic mass is 16.5. The SMILES string of the molecule is COc1ccc(-c2cc(C(=O)NCCc3ccc(C)o3)no2)cc1. The van der Waals surface area contributed by atoms with Crippen LogP contribution in [0.2, 0.25) is 0 Å². The quantitative estimate of drug-likeness (QED) is 0.752. The van der Waals surface area contributed by atoms with E-state index >= 15 is 0 Å². The van der Waals surface area contributed by atoms with E-state index < -0.39 is 0 Å². The van der Waals surface area contributed by atoms with Crippen LogP contribution in [0.5, 0.6) is 5.75 Å². The molecule has 24 heavy (non-hydrogen) atoms. The molecular weight excluding hydrogens is 308 g/mol. The van der Waals surface area contributed by atoms with Crippen molar-refractivity contribution in [1.29, 1.82) is 0 Å². The lowest BCUT2D eigenvalue weighted by Crippen LogP contribution is -2.25. The third-order valence-corrected chi connectivity index (χ3v) is 3.57. The lowest BCUT2D eigenvalue weighted by Gasteiger charge is -2.00. The number of methoxy groups -OCH3 is 1. The lowest BCUT2D eigenvalue weighted by molar-refractivity contribution is 0.0944. The van der Waals surface area contributed by atoms with Crippen LogP contribution >= 0.6 is 0 Å². The van der Waals surface area contributed by atoms with Crippen molar-refractivity contribution in [2.24, 2.45) is 0 Å². The van der Waals surface area contributed by atoms with Gasteiger partial charge in [0.1, 0.15) is 17.3 Å². The normalized spacial score (nSPS) is 10.6. The molecule has 1 amide bonds. The van der Waals surface area contributed by atoms with E-state index in [1.807, 2.05) is 43.3 Å². The third kappa shape index (κ3) is 3.65. The van der Waals surface area contributed by atoms with Crippen molar-refractivity contribution in [2.75, 3.05) is 13.7 Å². The van der Waals surface area contributed by atoms with Crippen LogP contribution in [0.1, 0.15) is 22.0 Å². The Hall–Kier alpha value is -3.02. The first-order valence-corrected chi connectivity index (χ1v) is 7.60. The van der Waals surface area contributed by atoms with E-state index in [1.54, 1.807) is 13.2 Å². The molecule has 0 radical (unpaired) electrons. The van der Waals surface area contributed by atoms with Crippen molar-refractivity contribution in [3.05, 3.63) is 59.7 Å². The van der Waals surface area contributed by atoms with E-state index in [9.17, 15) is 4.79 Å². The van der Waals surface area contributed by atoms with E-state index in [0.717, 1.165) is 22.8 Å². The van der Waals surface area contributed by atoms with Gasteiger partial charge in [-0.3, -0.25) is 4.79 Å². The summed E-state index contributed by atoms with van der Waals surface area (Å²) in [5.74, 6) is 2.71. The van der Waals surface area contributed by atoms with Crippen molar-refractivity contribution in [3.63, 3.8) is 0 Å². The molecule has 0 spiro atoms. The molecule has 2 heterocycles. The second-order valence-electron chi connectivity index (χ2n) is 5.32. The number of benzene rings is 1. The van der Waals surface area contributed by atoms with Crippen LogP contribution in [-0.4, -0.2) is 24.7 Å². The van der Waals surface area contributed by atoms with Crippen LogP contribution in [-0.2, 0) is 6.42 Å². The summed E-state index contributed by atoms with van der Waals surface area (Å²) >= 11 is 0. The maximum Gasteiger partial charge on any atom is 0.273 e. The van der Waals surface area contributed by atoms with Crippen molar-refractivity contribution >= 4 is 5.91 Å². The van der Waals surface area contributed by atoms with Gasteiger partial charge in [0.2, 0.25) is 0 Å². The van der Waals surface area contributed by atoms with Gasteiger partial charge in [0, 0.05) is 24.6 Å². The fourth-order valence-corrected chi connectivity index (χ4v) is 2.28. The highest BCUT2D eigenvalue weighted by molar-refractivity contribution is 5.93. The number of ether oxygens (including phenoxy) is 1. The molecule has 1 aromatic carbocycles. The molecular formula is C18H18N2O4. The molecule has 0 bridgehead atoms. The molecule has 3 rings (SSSR count). The summed E-state index contributed by atoms with van der Waals surface area (Å²) < 4.78 is 15.8. The number of amides is 1. The third-order valence-electron chi connectivity index (χ3n) is 3.57. The number of carbonyl (C=O) groups is 1. The standard InChI is InChI=1S/C18H18N2O4/c1-12-3-6-15(23-12)9-10-19-18(21)16-11-17(24-20-16)13-4-7-14(22-2)8-5-13/h3-8,11H,9-10H2,1-2H3,(H,19,21). The number of aryl methyl sites for hydroxylation is 1. The highest BCUT2D eigenvalue weighted by Crippen LogP contribution is 2.23. The molecule has 6 nitrogen and oxygen atoms in total. The zero-order chi connectivity index (χ0) is 16.9. The Labute approximate surface area is 139 Å². The van der Waals surface area contributed by atoms with E-state index in [2.05, 4.69) is 10.5 Å². The van der Waals surface area contributed by atoms with E-state index in [4.69, 9.17) is 13.7 Å². The van der Waals surface area contributed by atoms with Gasteiger partial charge in [-0.15, -0.1) is 0 Å². The highest BCUT2D eigenvalue weighted by Gasteiger charge is 2.13. The van der Waals surface area contributed by atoms with Gasteiger partial charge >= 0.3 is 0 Å². The Balaban J connectivity index is 1.58. The zero-order valence-corrected chi connectivity index (χ0v) is 13.5. The molecule has 0 saturated carbocycles. The van der Waals surface area contributed by atoms with E-state index in [0.29, 0.717) is 18.7 Å². The van der Waals surface area contributed by atoms with Crippen LogP contribution < -0.4 is 10.1 Å². The van der Waals surface area contributed by atoms with Gasteiger partial charge in [-0.1, -0.05) is 5.16 Å². The summed E-state index contributed by atoms with van der Waals surface area (Å²) in [7, 11) is 1.61. The summed E-state index contributed by atoms with van der Waals surface area (Å²) in [6.07, 6.45) is 0.628.